The van der Waals surface area contributed by atoms with E-state index in [9.17, 15) is 4.79 Å². The molecule has 0 unspecified atom stereocenters. The molecular formula is C8H8BrNO2. The Morgan fingerprint density at radius 2 is 2.25 bits per heavy atom. The molecule has 0 atom stereocenters. The lowest BCUT2D eigenvalue weighted by Gasteiger charge is -2.04. The van der Waals surface area contributed by atoms with Gasteiger partial charge in [-0.2, -0.15) is 0 Å². The van der Waals surface area contributed by atoms with E-state index in [1.807, 2.05) is 0 Å². The Bertz CT molecular complexity index is 312. The fraction of sp³-hybridized carbons (Fsp3) is 0.125. The normalized spacial score (nSPS) is 9.50. The number of benzene rings is 1. The summed E-state index contributed by atoms with van der Waals surface area (Å²) in [5.41, 5.74) is 0.887. The minimum absolute atomic E-state index is 0.270. The number of anilines is 1. The Kier molecular flexibility index (Phi) is 2.70. The summed E-state index contributed by atoms with van der Waals surface area (Å²) in [6, 6.07) is 5.07. The van der Waals surface area contributed by atoms with E-state index in [1.54, 1.807) is 25.2 Å². The molecule has 0 aromatic heterocycles. The fourth-order valence-corrected chi connectivity index (χ4v) is 1.27. The van der Waals surface area contributed by atoms with E-state index in [-0.39, 0.29) is 5.56 Å². The van der Waals surface area contributed by atoms with Gasteiger partial charge in [0.05, 0.1) is 5.56 Å². The number of halogens is 1. The molecule has 1 aromatic rings. The molecule has 4 heteroatoms. The zero-order valence-corrected chi connectivity index (χ0v) is 8.05. The lowest BCUT2D eigenvalue weighted by atomic mass is 10.2. The van der Waals surface area contributed by atoms with E-state index >= 15 is 0 Å². The molecule has 0 aliphatic heterocycles. The summed E-state index contributed by atoms with van der Waals surface area (Å²) in [5.74, 6) is -0.930. The maximum absolute atomic E-state index is 10.7. The van der Waals surface area contributed by atoms with E-state index in [4.69, 9.17) is 5.11 Å². The van der Waals surface area contributed by atoms with E-state index in [0.717, 1.165) is 4.47 Å². The maximum atomic E-state index is 10.7. The van der Waals surface area contributed by atoms with Crippen molar-refractivity contribution in [3.63, 3.8) is 0 Å². The quantitative estimate of drug-likeness (QED) is 0.818. The van der Waals surface area contributed by atoms with Crippen LogP contribution in [0.1, 0.15) is 10.4 Å². The SMILES string of the molecule is CNc1ccc(Br)cc1C(=O)O. The minimum Gasteiger partial charge on any atom is -0.478 e. The van der Waals surface area contributed by atoms with Crippen LogP contribution in [-0.2, 0) is 0 Å². The second-order valence-electron chi connectivity index (χ2n) is 2.25. The van der Waals surface area contributed by atoms with Crippen LogP contribution < -0.4 is 5.32 Å². The van der Waals surface area contributed by atoms with Gasteiger partial charge in [-0.15, -0.1) is 0 Å². The van der Waals surface area contributed by atoms with Crippen molar-refractivity contribution in [3.05, 3.63) is 28.2 Å². The van der Waals surface area contributed by atoms with Crippen LogP contribution >= 0.6 is 15.9 Å². The maximum Gasteiger partial charge on any atom is 0.337 e. The van der Waals surface area contributed by atoms with E-state index < -0.39 is 5.97 Å². The molecule has 1 aromatic carbocycles. The highest BCUT2D eigenvalue weighted by Gasteiger charge is 2.08. The van der Waals surface area contributed by atoms with Crippen LogP contribution in [0.25, 0.3) is 0 Å². The van der Waals surface area contributed by atoms with Crippen molar-refractivity contribution in [1.29, 1.82) is 0 Å². The molecule has 0 heterocycles. The summed E-state index contributed by atoms with van der Waals surface area (Å²) in [6.07, 6.45) is 0. The first kappa shape index (κ1) is 9.06. The second-order valence-corrected chi connectivity index (χ2v) is 3.16. The Morgan fingerprint density at radius 3 is 2.75 bits per heavy atom. The van der Waals surface area contributed by atoms with Gasteiger partial charge in [0.15, 0.2) is 0 Å². The summed E-state index contributed by atoms with van der Waals surface area (Å²) in [6.45, 7) is 0. The number of carbonyl (C=O) groups is 1. The number of aromatic carboxylic acids is 1. The first-order valence-corrected chi connectivity index (χ1v) is 4.15. The topological polar surface area (TPSA) is 49.3 Å². The van der Waals surface area contributed by atoms with Crippen LogP contribution in [0.4, 0.5) is 5.69 Å². The molecule has 0 saturated carbocycles. The van der Waals surface area contributed by atoms with Crippen LogP contribution in [-0.4, -0.2) is 18.1 Å². The Balaban J connectivity index is 3.21. The molecule has 0 bridgehead atoms. The van der Waals surface area contributed by atoms with E-state index in [1.165, 1.54) is 0 Å². The predicted molar refractivity (Wildman–Crippen MR) is 50.6 cm³/mol. The van der Waals surface area contributed by atoms with Gasteiger partial charge in [0.1, 0.15) is 0 Å². The number of nitrogens with one attached hydrogen (secondary N) is 1. The lowest BCUT2D eigenvalue weighted by Crippen LogP contribution is -2.02. The summed E-state index contributed by atoms with van der Waals surface area (Å²) in [4.78, 5) is 10.7. The predicted octanol–water partition coefficient (Wildman–Crippen LogP) is 2.19. The van der Waals surface area contributed by atoms with E-state index in [2.05, 4.69) is 21.2 Å². The molecular weight excluding hydrogens is 222 g/mol. The molecule has 3 nitrogen and oxygen atoms in total. The van der Waals surface area contributed by atoms with Gasteiger partial charge in [-0.3, -0.25) is 0 Å². The van der Waals surface area contributed by atoms with Crippen molar-refractivity contribution < 1.29 is 9.90 Å². The van der Waals surface area contributed by atoms with Gasteiger partial charge in [-0.25, -0.2) is 4.79 Å². The standard InChI is InChI=1S/C8H8BrNO2/c1-10-7-3-2-5(9)4-6(7)8(11)12/h2-4,10H,1H3,(H,11,12). The zero-order valence-electron chi connectivity index (χ0n) is 6.47. The summed E-state index contributed by atoms with van der Waals surface area (Å²) < 4.78 is 0.763. The molecule has 0 fully saturated rings. The molecule has 0 aliphatic carbocycles. The first-order valence-electron chi connectivity index (χ1n) is 3.35. The lowest BCUT2D eigenvalue weighted by molar-refractivity contribution is 0.0698. The van der Waals surface area contributed by atoms with Gasteiger partial charge in [0.25, 0.3) is 0 Å². The summed E-state index contributed by atoms with van der Waals surface area (Å²) in [7, 11) is 1.69. The average molecular weight is 230 g/mol. The Labute approximate surface area is 78.5 Å². The summed E-state index contributed by atoms with van der Waals surface area (Å²) >= 11 is 3.20. The van der Waals surface area contributed by atoms with Gasteiger partial charge >= 0.3 is 5.97 Å². The smallest absolute Gasteiger partial charge is 0.337 e. The van der Waals surface area contributed by atoms with Crippen molar-refractivity contribution in [2.75, 3.05) is 12.4 Å². The van der Waals surface area contributed by atoms with Crippen LogP contribution in [0.3, 0.4) is 0 Å². The number of carboxylic acids is 1. The van der Waals surface area contributed by atoms with Crippen LogP contribution in [0.5, 0.6) is 0 Å². The van der Waals surface area contributed by atoms with Crippen molar-refractivity contribution in [1.82, 2.24) is 0 Å². The van der Waals surface area contributed by atoms with Gasteiger partial charge in [-0.05, 0) is 18.2 Å². The first-order chi connectivity index (χ1) is 5.65. The van der Waals surface area contributed by atoms with Gasteiger partial charge < -0.3 is 10.4 Å². The fourth-order valence-electron chi connectivity index (χ4n) is 0.911. The van der Waals surface area contributed by atoms with Crippen LogP contribution in [0, 0.1) is 0 Å². The Morgan fingerprint density at radius 1 is 1.58 bits per heavy atom. The minimum atomic E-state index is -0.930. The average Bonchev–Trinajstić information content (AvgIpc) is 2.04. The third-order valence-corrected chi connectivity index (χ3v) is 1.97. The number of carboxylic acid groups (broad SMARTS) is 1. The van der Waals surface area contributed by atoms with Gasteiger partial charge in [0, 0.05) is 17.2 Å². The van der Waals surface area contributed by atoms with Crippen molar-refractivity contribution in [2.45, 2.75) is 0 Å². The largest absolute Gasteiger partial charge is 0.478 e. The molecule has 0 saturated heterocycles. The zero-order chi connectivity index (χ0) is 9.14. The molecule has 12 heavy (non-hydrogen) atoms. The number of rotatable bonds is 2. The monoisotopic (exact) mass is 229 g/mol. The molecule has 2 N–H and O–H groups in total. The van der Waals surface area contributed by atoms with Gasteiger partial charge in [-0.1, -0.05) is 15.9 Å². The van der Waals surface area contributed by atoms with E-state index in [0.29, 0.717) is 5.69 Å². The third-order valence-electron chi connectivity index (χ3n) is 1.48. The highest BCUT2D eigenvalue weighted by molar-refractivity contribution is 9.10. The molecule has 0 spiro atoms. The molecule has 0 amide bonds. The summed E-state index contributed by atoms with van der Waals surface area (Å²) in [5, 5.41) is 11.6. The highest BCUT2D eigenvalue weighted by Crippen LogP contribution is 2.20. The molecule has 0 aliphatic rings. The Hall–Kier alpha value is -1.03. The highest BCUT2D eigenvalue weighted by atomic mass is 79.9. The molecule has 0 radical (unpaired) electrons. The van der Waals surface area contributed by atoms with Crippen LogP contribution in [0.2, 0.25) is 0 Å². The number of hydrogen-bond acceptors (Lipinski definition) is 2. The van der Waals surface area contributed by atoms with Crippen molar-refractivity contribution in [2.24, 2.45) is 0 Å². The number of hydrogen-bond donors (Lipinski definition) is 2. The molecule has 64 valence electrons. The van der Waals surface area contributed by atoms with Gasteiger partial charge in [0.2, 0.25) is 0 Å². The van der Waals surface area contributed by atoms with Crippen molar-refractivity contribution in [3.8, 4) is 0 Å². The third kappa shape index (κ3) is 1.76. The second kappa shape index (κ2) is 3.58. The van der Waals surface area contributed by atoms with Crippen LogP contribution in [0.15, 0.2) is 22.7 Å². The van der Waals surface area contributed by atoms with Crippen molar-refractivity contribution >= 4 is 27.6 Å². The molecule has 1 rings (SSSR count).